The number of hydrogen-bond donors (Lipinski definition) is 1. The molecule has 15 heavy (non-hydrogen) atoms. The minimum atomic E-state index is 0.423. The highest BCUT2D eigenvalue weighted by molar-refractivity contribution is 4.71. The van der Waals surface area contributed by atoms with E-state index in [1.54, 1.807) is 0 Å². The molecular weight excluding hydrogens is 188 g/mol. The van der Waals surface area contributed by atoms with E-state index in [4.69, 9.17) is 4.74 Å². The third-order valence-corrected chi connectivity index (χ3v) is 3.13. The maximum absolute atomic E-state index is 6.03. The Bertz CT molecular complexity index is 156. The van der Waals surface area contributed by atoms with Gasteiger partial charge in [-0.05, 0) is 53.2 Å². The molecule has 0 aliphatic carbocycles. The summed E-state index contributed by atoms with van der Waals surface area (Å²) >= 11 is 0. The van der Waals surface area contributed by atoms with Gasteiger partial charge >= 0.3 is 0 Å². The van der Waals surface area contributed by atoms with Crippen molar-refractivity contribution < 1.29 is 4.74 Å². The topological polar surface area (TPSA) is 24.5 Å². The third-order valence-electron chi connectivity index (χ3n) is 3.13. The van der Waals surface area contributed by atoms with Gasteiger partial charge in [-0.2, -0.15) is 0 Å². The summed E-state index contributed by atoms with van der Waals surface area (Å²) in [6.45, 7) is 5.68. The molecule has 0 amide bonds. The third kappa shape index (κ3) is 5.50. The first kappa shape index (κ1) is 12.9. The van der Waals surface area contributed by atoms with Gasteiger partial charge in [0.05, 0.1) is 12.2 Å². The summed E-state index contributed by atoms with van der Waals surface area (Å²) in [5.41, 5.74) is 0. The zero-order valence-corrected chi connectivity index (χ0v) is 10.5. The SMILES string of the molecule is CNCCCC(C)OC1CCN(C)CC1. The molecule has 0 spiro atoms. The molecule has 1 aliphatic heterocycles. The second kappa shape index (κ2) is 7.20. The Morgan fingerprint density at radius 3 is 2.67 bits per heavy atom. The van der Waals surface area contributed by atoms with Crippen molar-refractivity contribution in [2.75, 3.05) is 33.7 Å². The lowest BCUT2D eigenvalue weighted by Crippen LogP contribution is -2.35. The summed E-state index contributed by atoms with van der Waals surface area (Å²) in [6, 6.07) is 0. The molecule has 3 nitrogen and oxygen atoms in total. The molecular formula is C12H26N2O. The van der Waals surface area contributed by atoms with E-state index in [9.17, 15) is 0 Å². The van der Waals surface area contributed by atoms with E-state index in [2.05, 4.69) is 24.2 Å². The number of hydrogen-bond acceptors (Lipinski definition) is 3. The van der Waals surface area contributed by atoms with E-state index in [-0.39, 0.29) is 0 Å². The molecule has 1 fully saturated rings. The van der Waals surface area contributed by atoms with E-state index >= 15 is 0 Å². The van der Waals surface area contributed by atoms with Crippen LogP contribution in [-0.4, -0.2) is 50.8 Å². The number of ether oxygens (including phenoxy) is 1. The van der Waals surface area contributed by atoms with Crippen LogP contribution in [0.25, 0.3) is 0 Å². The van der Waals surface area contributed by atoms with Crippen molar-refractivity contribution in [3.05, 3.63) is 0 Å². The van der Waals surface area contributed by atoms with Crippen LogP contribution in [0.1, 0.15) is 32.6 Å². The van der Waals surface area contributed by atoms with Gasteiger partial charge in [-0.25, -0.2) is 0 Å². The number of nitrogens with zero attached hydrogens (tertiary/aromatic N) is 1. The van der Waals surface area contributed by atoms with Crippen LogP contribution in [-0.2, 0) is 4.74 Å². The number of likely N-dealkylation sites (tertiary alicyclic amines) is 1. The summed E-state index contributed by atoms with van der Waals surface area (Å²) in [5.74, 6) is 0. The van der Waals surface area contributed by atoms with Gasteiger partial charge < -0.3 is 15.0 Å². The lowest BCUT2D eigenvalue weighted by molar-refractivity contribution is -0.0349. The van der Waals surface area contributed by atoms with E-state index in [0.717, 1.165) is 6.54 Å². The van der Waals surface area contributed by atoms with Crippen LogP contribution in [0.3, 0.4) is 0 Å². The first-order valence-corrected chi connectivity index (χ1v) is 6.21. The van der Waals surface area contributed by atoms with E-state index in [0.29, 0.717) is 12.2 Å². The van der Waals surface area contributed by atoms with Gasteiger partial charge in [-0.15, -0.1) is 0 Å². The first-order valence-electron chi connectivity index (χ1n) is 6.21. The molecule has 1 rings (SSSR count). The minimum Gasteiger partial charge on any atom is -0.375 e. The summed E-state index contributed by atoms with van der Waals surface area (Å²) in [7, 11) is 4.19. The smallest absolute Gasteiger partial charge is 0.0603 e. The maximum atomic E-state index is 6.03. The fourth-order valence-corrected chi connectivity index (χ4v) is 2.08. The second-order valence-corrected chi connectivity index (χ2v) is 4.70. The van der Waals surface area contributed by atoms with Gasteiger partial charge in [0, 0.05) is 13.1 Å². The normalized spacial score (nSPS) is 21.8. The molecule has 1 N–H and O–H groups in total. The molecule has 0 radical (unpaired) electrons. The van der Waals surface area contributed by atoms with Crippen LogP contribution in [0.4, 0.5) is 0 Å². The van der Waals surface area contributed by atoms with Crippen molar-refractivity contribution >= 4 is 0 Å². The van der Waals surface area contributed by atoms with Gasteiger partial charge in [-0.3, -0.25) is 0 Å². The van der Waals surface area contributed by atoms with E-state index in [1.165, 1.54) is 38.8 Å². The Kier molecular flexibility index (Phi) is 6.22. The van der Waals surface area contributed by atoms with Crippen LogP contribution in [0.5, 0.6) is 0 Å². The van der Waals surface area contributed by atoms with E-state index < -0.39 is 0 Å². The largest absolute Gasteiger partial charge is 0.375 e. The van der Waals surface area contributed by atoms with Gasteiger partial charge in [0.1, 0.15) is 0 Å². The van der Waals surface area contributed by atoms with Gasteiger partial charge in [0.2, 0.25) is 0 Å². The van der Waals surface area contributed by atoms with Crippen LogP contribution in [0, 0.1) is 0 Å². The van der Waals surface area contributed by atoms with E-state index in [1.807, 2.05) is 7.05 Å². The Labute approximate surface area is 94.2 Å². The predicted octanol–water partition coefficient (Wildman–Crippen LogP) is 1.49. The summed E-state index contributed by atoms with van der Waals surface area (Å²) < 4.78 is 6.03. The van der Waals surface area contributed by atoms with Crippen molar-refractivity contribution in [1.82, 2.24) is 10.2 Å². The molecule has 90 valence electrons. The molecule has 3 heteroatoms. The van der Waals surface area contributed by atoms with Gasteiger partial charge in [0.15, 0.2) is 0 Å². The van der Waals surface area contributed by atoms with Crippen LogP contribution in [0.2, 0.25) is 0 Å². The highest BCUT2D eigenvalue weighted by Gasteiger charge is 2.18. The molecule has 1 aliphatic rings. The first-order chi connectivity index (χ1) is 7.22. The second-order valence-electron chi connectivity index (χ2n) is 4.70. The molecule has 1 unspecified atom stereocenters. The van der Waals surface area contributed by atoms with Crippen LogP contribution >= 0.6 is 0 Å². The highest BCUT2D eigenvalue weighted by atomic mass is 16.5. The zero-order valence-electron chi connectivity index (χ0n) is 10.5. The lowest BCUT2D eigenvalue weighted by Gasteiger charge is -2.30. The van der Waals surface area contributed by atoms with Crippen molar-refractivity contribution in [3.63, 3.8) is 0 Å². The standard InChI is InChI=1S/C12H26N2O/c1-11(5-4-8-13-2)15-12-6-9-14(3)10-7-12/h11-13H,4-10H2,1-3H3. The maximum Gasteiger partial charge on any atom is 0.0603 e. The predicted molar refractivity (Wildman–Crippen MR) is 64.2 cm³/mol. The molecule has 0 bridgehead atoms. The molecule has 0 saturated carbocycles. The average molecular weight is 214 g/mol. The van der Waals surface area contributed by atoms with Gasteiger partial charge in [-0.1, -0.05) is 0 Å². The fraction of sp³-hybridized carbons (Fsp3) is 1.00. The summed E-state index contributed by atoms with van der Waals surface area (Å²) in [6.07, 6.45) is 5.72. The fourth-order valence-electron chi connectivity index (χ4n) is 2.08. The number of rotatable bonds is 6. The Balaban J connectivity index is 2.06. The van der Waals surface area contributed by atoms with Crippen LogP contribution in [0.15, 0.2) is 0 Å². The molecule has 0 aromatic heterocycles. The lowest BCUT2D eigenvalue weighted by atomic mass is 10.1. The molecule has 0 aromatic carbocycles. The quantitative estimate of drug-likeness (QED) is 0.678. The molecule has 1 saturated heterocycles. The summed E-state index contributed by atoms with van der Waals surface area (Å²) in [4.78, 5) is 2.38. The zero-order chi connectivity index (χ0) is 11.1. The molecule has 1 atom stereocenters. The highest BCUT2D eigenvalue weighted by Crippen LogP contribution is 2.15. The van der Waals surface area contributed by atoms with Crippen molar-refractivity contribution in [1.29, 1.82) is 0 Å². The minimum absolute atomic E-state index is 0.423. The summed E-state index contributed by atoms with van der Waals surface area (Å²) in [5, 5.41) is 3.17. The van der Waals surface area contributed by atoms with Crippen molar-refractivity contribution in [2.45, 2.75) is 44.8 Å². The van der Waals surface area contributed by atoms with Crippen molar-refractivity contribution in [3.8, 4) is 0 Å². The average Bonchev–Trinajstić information content (AvgIpc) is 2.22. The molecule has 0 aromatic rings. The number of nitrogens with one attached hydrogen (secondary N) is 1. The Hall–Kier alpha value is -0.120. The van der Waals surface area contributed by atoms with Crippen molar-refractivity contribution in [2.24, 2.45) is 0 Å². The molecule has 1 heterocycles. The monoisotopic (exact) mass is 214 g/mol. The van der Waals surface area contributed by atoms with Gasteiger partial charge in [0.25, 0.3) is 0 Å². The Morgan fingerprint density at radius 1 is 1.40 bits per heavy atom. The Morgan fingerprint density at radius 2 is 2.07 bits per heavy atom. The van der Waals surface area contributed by atoms with Crippen LogP contribution < -0.4 is 5.32 Å². The number of piperidine rings is 1.